The van der Waals surface area contributed by atoms with Crippen LogP contribution in [0.2, 0.25) is 0 Å². The van der Waals surface area contributed by atoms with E-state index in [9.17, 15) is 4.79 Å². The smallest absolute Gasteiger partial charge is 0.260 e. The van der Waals surface area contributed by atoms with Crippen molar-refractivity contribution in [2.45, 2.75) is 45.8 Å². The summed E-state index contributed by atoms with van der Waals surface area (Å²) in [7, 11) is 0. The molecule has 5 rings (SSSR count). The van der Waals surface area contributed by atoms with E-state index in [0.717, 1.165) is 33.4 Å². The number of H-pyrrole nitrogens is 1. The first-order chi connectivity index (χ1) is 15.0. The molecule has 1 fully saturated rings. The Morgan fingerprint density at radius 2 is 2.00 bits per heavy atom. The first kappa shape index (κ1) is 20.5. The van der Waals surface area contributed by atoms with Crippen molar-refractivity contribution < 1.29 is 0 Å². The van der Waals surface area contributed by atoms with Gasteiger partial charge in [0.25, 0.3) is 5.56 Å². The second-order valence-electron chi connectivity index (χ2n) is 9.00. The molecule has 1 saturated heterocycles. The molecule has 5 nitrogen and oxygen atoms in total. The van der Waals surface area contributed by atoms with E-state index in [-0.39, 0.29) is 5.56 Å². The third-order valence-electron chi connectivity index (χ3n) is 6.60. The normalized spacial score (nSPS) is 20.0. The highest BCUT2D eigenvalue weighted by molar-refractivity contribution is 9.10. The second-order valence-corrected chi connectivity index (χ2v) is 9.85. The molecule has 0 aliphatic carbocycles. The molecule has 160 valence electrons. The van der Waals surface area contributed by atoms with Gasteiger partial charge in [0.1, 0.15) is 0 Å². The summed E-state index contributed by atoms with van der Waals surface area (Å²) in [6, 6.07) is 11.3. The monoisotopic (exact) mass is 478 g/mol. The van der Waals surface area contributed by atoms with E-state index < -0.39 is 0 Å². The maximum Gasteiger partial charge on any atom is 0.260 e. The highest BCUT2D eigenvalue weighted by Gasteiger charge is 2.23. The molecular formula is C25H27BrN4O. The zero-order chi connectivity index (χ0) is 21.5. The van der Waals surface area contributed by atoms with Gasteiger partial charge >= 0.3 is 0 Å². The predicted molar refractivity (Wildman–Crippen MR) is 129 cm³/mol. The van der Waals surface area contributed by atoms with Crippen LogP contribution < -0.4 is 5.56 Å². The number of rotatable bonds is 4. The minimum Gasteiger partial charge on any atom is -0.357 e. The highest BCUT2D eigenvalue weighted by Crippen LogP contribution is 2.25. The molecule has 2 atom stereocenters. The van der Waals surface area contributed by atoms with Gasteiger partial charge in [0, 0.05) is 52.2 Å². The fourth-order valence-corrected chi connectivity index (χ4v) is 5.28. The van der Waals surface area contributed by atoms with E-state index in [1.165, 1.54) is 30.5 Å². The molecule has 1 N–H and O–H groups in total. The average Bonchev–Trinajstić information content (AvgIpc) is 3.14. The van der Waals surface area contributed by atoms with Crippen LogP contribution in [0.5, 0.6) is 0 Å². The Morgan fingerprint density at radius 1 is 1.13 bits per heavy atom. The molecule has 0 amide bonds. The van der Waals surface area contributed by atoms with Gasteiger partial charge in [-0.25, -0.2) is 0 Å². The first-order valence-corrected chi connectivity index (χ1v) is 11.7. The van der Waals surface area contributed by atoms with Gasteiger partial charge in [-0.15, -0.1) is 0 Å². The van der Waals surface area contributed by atoms with E-state index in [2.05, 4.69) is 68.9 Å². The largest absolute Gasteiger partial charge is 0.357 e. The molecular weight excluding hydrogens is 452 g/mol. The van der Waals surface area contributed by atoms with Gasteiger partial charge < -0.3 is 9.55 Å². The van der Waals surface area contributed by atoms with Gasteiger partial charge in [0.05, 0.1) is 11.9 Å². The molecule has 0 unspecified atom stereocenters. The van der Waals surface area contributed by atoms with Crippen molar-refractivity contribution in [3.05, 3.63) is 75.0 Å². The Labute approximate surface area is 190 Å². The number of halogens is 1. The SMILES string of the molecule is C[C@@H]1CCN(Cc2cc3ccc(Cn4ccc5c(Br)cncc5c4=O)cc3[nH]2)[C@H](C)C1. The van der Waals surface area contributed by atoms with E-state index in [1.807, 2.05) is 12.3 Å². The van der Waals surface area contributed by atoms with Crippen LogP contribution >= 0.6 is 15.9 Å². The third kappa shape index (κ3) is 4.06. The average molecular weight is 479 g/mol. The van der Waals surface area contributed by atoms with Crippen molar-refractivity contribution in [1.29, 1.82) is 0 Å². The fraction of sp³-hybridized carbons (Fsp3) is 0.360. The van der Waals surface area contributed by atoms with Gasteiger partial charge in [-0.05, 0) is 77.3 Å². The molecule has 0 spiro atoms. The minimum absolute atomic E-state index is 0.0214. The molecule has 0 radical (unpaired) electrons. The molecule has 1 aromatic carbocycles. The van der Waals surface area contributed by atoms with Crippen LogP contribution in [0.3, 0.4) is 0 Å². The van der Waals surface area contributed by atoms with Crippen molar-refractivity contribution in [1.82, 2.24) is 19.4 Å². The topological polar surface area (TPSA) is 53.9 Å². The summed E-state index contributed by atoms with van der Waals surface area (Å²) in [4.78, 5) is 23.3. The third-order valence-corrected chi connectivity index (χ3v) is 7.23. The van der Waals surface area contributed by atoms with Crippen LogP contribution in [0.25, 0.3) is 21.7 Å². The summed E-state index contributed by atoms with van der Waals surface area (Å²) in [6.07, 6.45) is 7.77. The highest BCUT2D eigenvalue weighted by atomic mass is 79.9. The van der Waals surface area contributed by atoms with E-state index in [0.29, 0.717) is 18.0 Å². The van der Waals surface area contributed by atoms with Crippen molar-refractivity contribution in [2.24, 2.45) is 5.92 Å². The lowest BCUT2D eigenvalue weighted by Crippen LogP contribution is -2.39. The molecule has 4 heterocycles. The number of nitrogens with zero attached hydrogens (tertiary/aromatic N) is 3. The van der Waals surface area contributed by atoms with Crippen molar-refractivity contribution in [2.75, 3.05) is 6.54 Å². The number of piperidine rings is 1. The molecule has 0 bridgehead atoms. The molecule has 1 aliphatic rings. The number of fused-ring (bicyclic) bond motifs is 2. The van der Waals surface area contributed by atoms with E-state index in [4.69, 9.17) is 0 Å². The molecule has 6 heteroatoms. The number of aromatic nitrogens is 3. The maximum absolute atomic E-state index is 12.9. The summed E-state index contributed by atoms with van der Waals surface area (Å²) >= 11 is 3.48. The minimum atomic E-state index is -0.0214. The zero-order valence-corrected chi connectivity index (χ0v) is 19.5. The number of nitrogens with one attached hydrogen (secondary N) is 1. The fourth-order valence-electron chi connectivity index (χ4n) is 4.82. The molecule has 1 aliphatic heterocycles. The van der Waals surface area contributed by atoms with Crippen LogP contribution in [-0.4, -0.2) is 32.0 Å². The van der Waals surface area contributed by atoms with Crippen LogP contribution in [-0.2, 0) is 13.1 Å². The number of hydrogen-bond donors (Lipinski definition) is 1. The van der Waals surface area contributed by atoms with Gasteiger partial charge in [0.2, 0.25) is 0 Å². The summed E-state index contributed by atoms with van der Waals surface area (Å²) < 4.78 is 2.59. The van der Waals surface area contributed by atoms with Crippen LogP contribution in [0.15, 0.2) is 58.2 Å². The maximum atomic E-state index is 12.9. The number of pyridine rings is 2. The number of likely N-dealkylation sites (tertiary alicyclic amines) is 1. The zero-order valence-electron chi connectivity index (χ0n) is 17.9. The Hall–Kier alpha value is -2.44. The Kier molecular flexibility index (Phi) is 5.44. The van der Waals surface area contributed by atoms with E-state index in [1.54, 1.807) is 17.0 Å². The molecule has 31 heavy (non-hydrogen) atoms. The van der Waals surface area contributed by atoms with Crippen molar-refractivity contribution in [3.8, 4) is 0 Å². The van der Waals surface area contributed by atoms with Crippen molar-refractivity contribution >= 4 is 37.6 Å². The van der Waals surface area contributed by atoms with Crippen molar-refractivity contribution in [3.63, 3.8) is 0 Å². The lowest BCUT2D eigenvalue weighted by molar-refractivity contribution is 0.121. The Balaban J connectivity index is 1.39. The van der Waals surface area contributed by atoms with Gasteiger partial charge in [0.15, 0.2) is 0 Å². The summed E-state index contributed by atoms with van der Waals surface area (Å²) in [6.45, 7) is 7.36. The quantitative estimate of drug-likeness (QED) is 0.432. The van der Waals surface area contributed by atoms with Gasteiger partial charge in [-0.1, -0.05) is 19.1 Å². The Bertz CT molecular complexity index is 1310. The Morgan fingerprint density at radius 3 is 2.84 bits per heavy atom. The van der Waals surface area contributed by atoms with Crippen LogP contribution in [0.1, 0.15) is 37.9 Å². The lowest BCUT2D eigenvalue weighted by atomic mass is 9.93. The summed E-state index contributed by atoms with van der Waals surface area (Å²) in [5.74, 6) is 0.826. The van der Waals surface area contributed by atoms with Gasteiger partial charge in [-0.2, -0.15) is 0 Å². The molecule has 0 saturated carbocycles. The number of hydrogen-bond acceptors (Lipinski definition) is 3. The predicted octanol–water partition coefficient (Wildman–Crippen LogP) is 5.31. The number of aromatic amines is 1. The molecule has 3 aromatic heterocycles. The number of benzene rings is 1. The standard InChI is InChI=1S/C25H27BrN4O/c1-16-5-7-29(17(2)9-16)15-20-11-19-4-3-18(10-24(19)28-20)14-30-8-6-21-22(25(30)31)12-27-13-23(21)26/h3-4,6,8,10-13,16-17,28H,5,7,9,14-15H2,1-2H3/t16-,17-/m1/s1. The first-order valence-electron chi connectivity index (χ1n) is 10.9. The second kappa shape index (κ2) is 8.24. The summed E-state index contributed by atoms with van der Waals surface area (Å²) in [5, 5.41) is 2.74. The van der Waals surface area contributed by atoms with E-state index >= 15 is 0 Å². The molecule has 4 aromatic rings. The van der Waals surface area contributed by atoms with Crippen LogP contribution in [0, 0.1) is 5.92 Å². The van der Waals surface area contributed by atoms with Gasteiger partial charge in [-0.3, -0.25) is 14.7 Å². The lowest BCUT2D eigenvalue weighted by Gasteiger charge is -2.36. The van der Waals surface area contributed by atoms with Crippen LogP contribution in [0.4, 0.5) is 0 Å². The summed E-state index contributed by atoms with van der Waals surface area (Å²) in [5.41, 5.74) is 3.47.